The Hall–Kier alpha value is -1.07. The van der Waals surface area contributed by atoms with Gasteiger partial charge in [0.05, 0.1) is 11.5 Å². The molecule has 0 aromatic heterocycles. The summed E-state index contributed by atoms with van der Waals surface area (Å²) in [5.74, 6) is 0.647. The van der Waals surface area contributed by atoms with Crippen molar-refractivity contribution in [3.05, 3.63) is 29.8 Å². The van der Waals surface area contributed by atoms with Crippen molar-refractivity contribution in [2.45, 2.75) is 38.8 Å². The number of nitrogens with zero attached hydrogens (tertiary/aromatic N) is 1. The van der Waals surface area contributed by atoms with E-state index < -0.39 is 9.84 Å². The summed E-state index contributed by atoms with van der Waals surface area (Å²) in [7, 11) is -2.83. The van der Waals surface area contributed by atoms with Gasteiger partial charge in [0.2, 0.25) is 0 Å². The summed E-state index contributed by atoms with van der Waals surface area (Å²) in [6.45, 7) is 3.92. The molecule has 4 nitrogen and oxygen atoms in total. The molecule has 1 heterocycles. The zero-order valence-electron chi connectivity index (χ0n) is 12.1. The number of sulfone groups is 1. The summed E-state index contributed by atoms with van der Waals surface area (Å²) < 4.78 is 23.3. The predicted molar refractivity (Wildman–Crippen MR) is 83.2 cm³/mol. The molecular formula is C15H24N2O2S. The summed E-state index contributed by atoms with van der Waals surface area (Å²) in [5, 5.41) is 0. The minimum Gasteiger partial charge on any atom is -0.399 e. The van der Waals surface area contributed by atoms with Crippen LogP contribution in [-0.2, 0) is 16.4 Å². The van der Waals surface area contributed by atoms with Crippen LogP contribution in [0.25, 0.3) is 0 Å². The molecule has 0 radical (unpaired) electrons. The largest absolute Gasteiger partial charge is 0.399 e. The molecule has 0 unspecified atom stereocenters. The molecule has 1 aliphatic rings. The second-order valence-corrected chi connectivity index (χ2v) is 7.85. The smallest absolute Gasteiger partial charge is 0.151 e. The Morgan fingerprint density at radius 2 is 2.00 bits per heavy atom. The molecule has 0 bridgehead atoms. The molecule has 1 saturated heterocycles. The van der Waals surface area contributed by atoms with E-state index in [0.29, 0.717) is 11.5 Å². The van der Waals surface area contributed by atoms with Crippen molar-refractivity contribution in [2.24, 2.45) is 0 Å². The fourth-order valence-corrected chi connectivity index (χ4v) is 4.43. The van der Waals surface area contributed by atoms with E-state index in [4.69, 9.17) is 5.73 Å². The first kappa shape index (κ1) is 15.3. The van der Waals surface area contributed by atoms with Crippen LogP contribution in [-0.4, -0.2) is 37.4 Å². The van der Waals surface area contributed by atoms with Crippen LogP contribution >= 0.6 is 0 Å². The normalized spacial score (nSPS) is 21.4. The van der Waals surface area contributed by atoms with Gasteiger partial charge < -0.3 is 5.73 Å². The highest BCUT2D eigenvalue weighted by atomic mass is 32.2. The van der Waals surface area contributed by atoms with Crippen LogP contribution in [0.1, 0.15) is 31.7 Å². The molecule has 112 valence electrons. The molecule has 20 heavy (non-hydrogen) atoms. The molecule has 0 spiro atoms. The third-order valence-corrected chi connectivity index (χ3v) is 5.64. The molecule has 1 aliphatic heterocycles. The van der Waals surface area contributed by atoms with E-state index >= 15 is 0 Å². The highest BCUT2D eigenvalue weighted by Crippen LogP contribution is 2.21. The second kappa shape index (κ2) is 6.59. The van der Waals surface area contributed by atoms with Gasteiger partial charge in [-0.1, -0.05) is 25.5 Å². The molecule has 2 rings (SSSR count). The van der Waals surface area contributed by atoms with Crippen LogP contribution in [0.2, 0.25) is 0 Å². The van der Waals surface area contributed by atoms with Crippen molar-refractivity contribution >= 4 is 15.5 Å². The van der Waals surface area contributed by atoms with Gasteiger partial charge in [0.1, 0.15) is 0 Å². The Morgan fingerprint density at radius 3 is 2.55 bits per heavy atom. The predicted octanol–water partition coefficient (Wildman–Crippen LogP) is 2.06. The standard InChI is InChI=1S/C15H24N2O2S/c1-2-3-9-17(15-8-10-20(18,19)12-15)11-13-4-6-14(16)7-5-13/h4-7,15H,2-3,8-12,16H2,1H3/t15-/m1/s1. The number of nitrogens with two attached hydrogens (primary N) is 1. The van der Waals surface area contributed by atoms with Crippen molar-refractivity contribution in [3.8, 4) is 0 Å². The van der Waals surface area contributed by atoms with Crippen LogP contribution in [0.15, 0.2) is 24.3 Å². The monoisotopic (exact) mass is 296 g/mol. The van der Waals surface area contributed by atoms with Gasteiger partial charge in [-0.15, -0.1) is 0 Å². The van der Waals surface area contributed by atoms with Gasteiger partial charge in [0.25, 0.3) is 0 Å². The first-order chi connectivity index (χ1) is 9.50. The van der Waals surface area contributed by atoms with Gasteiger partial charge in [-0.05, 0) is 37.1 Å². The van der Waals surface area contributed by atoms with Gasteiger partial charge >= 0.3 is 0 Å². The third kappa shape index (κ3) is 4.21. The van der Waals surface area contributed by atoms with Gasteiger partial charge in [-0.25, -0.2) is 8.42 Å². The first-order valence-electron chi connectivity index (χ1n) is 7.29. The topological polar surface area (TPSA) is 63.4 Å². The number of rotatable bonds is 6. The lowest BCUT2D eigenvalue weighted by atomic mass is 10.1. The molecule has 1 aromatic rings. The van der Waals surface area contributed by atoms with E-state index in [1.807, 2.05) is 24.3 Å². The van der Waals surface area contributed by atoms with E-state index in [1.165, 1.54) is 5.56 Å². The molecule has 0 aliphatic carbocycles. The van der Waals surface area contributed by atoms with Crippen LogP contribution < -0.4 is 5.73 Å². The highest BCUT2D eigenvalue weighted by molar-refractivity contribution is 7.91. The Kier molecular flexibility index (Phi) is 5.05. The van der Waals surface area contributed by atoms with Gasteiger partial charge in [0, 0.05) is 18.3 Å². The second-order valence-electron chi connectivity index (χ2n) is 5.62. The summed E-state index contributed by atoms with van der Waals surface area (Å²) in [5.41, 5.74) is 7.66. The fourth-order valence-electron chi connectivity index (χ4n) is 2.67. The van der Waals surface area contributed by atoms with Crippen LogP contribution in [0, 0.1) is 0 Å². The molecule has 1 atom stereocenters. The number of hydrogen-bond donors (Lipinski definition) is 1. The third-order valence-electron chi connectivity index (χ3n) is 3.89. The summed E-state index contributed by atoms with van der Waals surface area (Å²) in [4.78, 5) is 2.32. The molecule has 1 aromatic carbocycles. The molecule has 2 N–H and O–H groups in total. The maximum absolute atomic E-state index is 11.7. The lowest BCUT2D eigenvalue weighted by Crippen LogP contribution is -2.36. The molecule has 0 amide bonds. The first-order valence-corrected chi connectivity index (χ1v) is 9.11. The zero-order chi connectivity index (χ0) is 14.6. The minimum absolute atomic E-state index is 0.170. The Labute approximate surface area is 121 Å². The Bertz CT molecular complexity index is 525. The molecule has 1 fully saturated rings. The van der Waals surface area contributed by atoms with Gasteiger partial charge in [-0.3, -0.25) is 4.90 Å². The van der Waals surface area contributed by atoms with Gasteiger partial charge in [-0.2, -0.15) is 0 Å². The van der Waals surface area contributed by atoms with Gasteiger partial charge in [0.15, 0.2) is 9.84 Å². The van der Waals surface area contributed by atoms with Crippen LogP contribution in [0.3, 0.4) is 0 Å². The van der Waals surface area contributed by atoms with Crippen LogP contribution in [0.5, 0.6) is 0 Å². The van der Waals surface area contributed by atoms with E-state index in [1.54, 1.807) is 0 Å². The van der Waals surface area contributed by atoms with E-state index in [0.717, 1.165) is 38.0 Å². The lowest BCUT2D eigenvalue weighted by molar-refractivity contribution is 0.200. The van der Waals surface area contributed by atoms with Crippen molar-refractivity contribution < 1.29 is 8.42 Å². The van der Waals surface area contributed by atoms with Crippen molar-refractivity contribution in [1.82, 2.24) is 4.90 Å². The number of anilines is 1. The zero-order valence-corrected chi connectivity index (χ0v) is 12.9. The number of unbranched alkanes of at least 4 members (excludes halogenated alkanes) is 1. The highest BCUT2D eigenvalue weighted by Gasteiger charge is 2.31. The fraction of sp³-hybridized carbons (Fsp3) is 0.600. The quantitative estimate of drug-likeness (QED) is 0.816. The molecule has 5 heteroatoms. The average molecular weight is 296 g/mol. The number of hydrogen-bond acceptors (Lipinski definition) is 4. The Morgan fingerprint density at radius 1 is 1.30 bits per heavy atom. The minimum atomic E-state index is -2.83. The number of nitrogen functional groups attached to an aromatic ring is 1. The van der Waals surface area contributed by atoms with E-state index in [2.05, 4.69) is 11.8 Å². The van der Waals surface area contributed by atoms with E-state index in [-0.39, 0.29) is 6.04 Å². The number of benzene rings is 1. The van der Waals surface area contributed by atoms with Crippen LogP contribution in [0.4, 0.5) is 5.69 Å². The maximum Gasteiger partial charge on any atom is 0.151 e. The van der Waals surface area contributed by atoms with E-state index in [9.17, 15) is 8.42 Å². The van der Waals surface area contributed by atoms with Crippen molar-refractivity contribution in [3.63, 3.8) is 0 Å². The van der Waals surface area contributed by atoms with Crippen molar-refractivity contribution in [2.75, 3.05) is 23.8 Å². The summed E-state index contributed by atoms with van der Waals surface area (Å²) in [6.07, 6.45) is 2.99. The van der Waals surface area contributed by atoms with Crippen molar-refractivity contribution in [1.29, 1.82) is 0 Å². The lowest BCUT2D eigenvalue weighted by Gasteiger charge is -2.28. The molecule has 0 saturated carbocycles. The summed E-state index contributed by atoms with van der Waals surface area (Å²) >= 11 is 0. The average Bonchev–Trinajstić information content (AvgIpc) is 2.77. The summed E-state index contributed by atoms with van der Waals surface area (Å²) in [6, 6.07) is 8.02. The Balaban J connectivity index is 2.05. The molecular weight excluding hydrogens is 272 g/mol. The maximum atomic E-state index is 11.7. The SMILES string of the molecule is CCCCN(Cc1ccc(N)cc1)[C@@H]1CCS(=O)(=O)C1.